The van der Waals surface area contributed by atoms with Gasteiger partial charge < -0.3 is 9.88 Å². The van der Waals surface area contributed by atoms with Crippen molar-refractivity contribution < 1.29 is 4.92 Å². The van der Waals surface area contributed by atoms with Crippen LogP contribution in [0, 0.1) is 15.5 Å². The first-order chi connectivity index (χ1) is 13.0. The van der Waals surface area contributed by atoms with Crippen LogP contribution >= 0.6 is 0 Å². The number of rotatable bonds is 6. The number of non-ortho nitro benzene ring substituents is 1. The number of nitrogens with zero attached hydrogens (tertiary/aromatic N) is 2. The van der Waals surface area contributed by atoms with E-state index in [0.717, 1.165) is 11.1 Å². The first kappa shape index (κ1) is 18.1. The third-order valence-electron chi connectivity index (χ3n) is 4.10. The van der Waals surface area contributed by atoms with E-state index in [9.17, 15) is 14.9 Å². The van der Waals surface area contributed by atoms with Gasteiger partial charge in [0.25, 0.3) is 11.2 Å². The summed E-state index contributed by atoms with van der Waals surface area (Å²) in [6, 6.07) is 19.0. The lowest BCUT2D eigenvalue weighted by atomic mass is 10.2. The van der Waals surface area contributed by atoms with E-state index in [2.05, 4.69) is 5.32 Å². The summed E-state index contributed by atoms with van der Waals surface area (Å²) >= 11 is 0. The highest BCUT2D eigenvalue weighted by Crippen LogP contribution is 2.12. The standard InChI is InChI=1S/C20H18N4O3/c21-19(22-13-15-5-2-1-3-6-15)18-7-4-12-23(20(18)25)14-16-8-10-17(11-9-16)24(26)27/h1-12H,13-14H2,(H2,21,22). The molecular formula is C20H18N4O3. The summed E-state index contributed by atoms with van der Waals surface area (Å²) in [7, 11) is 0. The Hall–Kier alpha value is -3.74. The quantitative estimate of drug-likeness (QED) is 0.305. The molecule has 7 heteroatoms. The van der Waals surface area contributed by atoms with Crippen LogP contribution in [-0.2, 0) is 13.1 Å². The monoisotopic (exact) mass is 362 g/mol. The second-order valence-corrected chi connectivity index (χ2v) is 5.99. The number of amidine groups is 1. The van der Waals surface area contributed by atoms with E-state index in [4.69, 9.17) is 5.41 Å². The highest BCUT2D eigenvalue weighted by molar-refractivity contribution is 5.95. The van der Waals surface area contributed by atoms with Gasteiger partial charge in [0, 0.05) is 24.9 Å². The third-order valence-corrected chi connectivity index (χ3v) is 4.10. The predicted molar refractivity (Wildman–Crippen MR) is 103 cm³/mol. The number of nitro groups is 1. The number of pyridine rings is 1. The highest BCUT2D eigenvalue weighted by atomic mass is 16.6. The molecule has 0 spiro atoms. The Kier molecular flexibility index (Phi) is 5.41. The predicted octanol–water partition coefficient (Wildman–Crippen LogP) is 2.92. The summed E-state index contributed by atoms with van der Waals surface area (Å²) in [4.78, 5) is 22.9. The average molecular weight is 362 g/mol. The van der Waals surface area contributed by atoms with Gasteiger partial charge >= 0.3 is 0 Å². The zero-order valence-corrected chi connectivity index (χ0v) is 14.5. The zero-order chi connectivity index (χ0) is 19.2. The lowest BCUT2D eigenvalue weighted by Gasteiger charge is -2.11. The van der Waals surface area contributed by atoms with Crippen LogP contribution in [-0.4, -0.2) is 15.3 Å². The fourth-order valence-corrected chi connectivity index (χ4v) is 2.65. The lowest BCUT2D eigenvalue weighted by molar-refractivity contribution is -0.384. The molecule has 0 radical (unpaired) electrons. The van der Waals surface area contributed by atoms with E-state index in [1.807, 2.05) is 30.3 Å². The van der Waals surface area contributed by atoms with Crippen molar-refractivity contribution in [2.75, 3.05) is 0 Å². The van der Waals surface area contributed by atoms with Gasteiger partial charge in [-0.1, -0.05) is 42.5 Å². The number of hydrogen-bond acceptors (Lipinski definition) is 4. The number of nitro benzene ring substituents is 1. The van der Waals surface area contributed by atoms with Crippen LogP contribution in [0.25, 0.3) is 0 Å². The maximum atomic E-state index is 12.7. The molecule has 1 heterocycles. The van der Waals surface area contributed by atoms with Crippen molar-refractivity contribution in [1.82, 2.24) is 9.88 Å². The first-order valence-corrected chi connectivity index (χ1v) is 8.34. The molecule has 0 unspecified atom stereocenters. The van der Waals surface area contributed by atoms with Gasteiger partial charge in [0.2, 0.25) is 0 Å². The van der Waals surface area contributed by atoms with Gasteiger partial charge in [-0.3, -0.25) is 20.3 Å². The third kappa shape index (κ3) is 4.46. The van der Waals surface area contributed by atoms with E-state index >= 15 is 0 Å². The molecule has 2 aromatic carbocycles. The molecule has 1 aromatic heterocycles. The Morgan fingerprint density at radius 1 is 1.00 bits per heavy atom. The van der Waals surface area contributed by atoms with Gasteiger partial charge in [-0.15, -0.1) is 0 Å². The molecule has 0 fully saturated rings. The average Bonchev–Trinajstić information content (AvgIpc) is 2.69. The smallest absolute Gasteiger partial charge is 0.269 e. The minimum atomic E-state index is -0.462. The van der Waals surface area contributed by atoms with Crippen molar-refractivity contribution in [2.24, 2.45) is 0 Å². The Labute approximate surface area is 155 Å². The van der Waals surface area contributed by atoms with Crippen LogP contribution in [0.4, 0.5) is 5.69 Å². The molecule has 136 valence electrons. The van der Waals surface area contributed by atoms with Crippen LogP contribution in [0.3, 0.4) is 0 Å². The van der Waals surface area contributed by atoms with Crippen LogP contribution in [0.5, 0.6) is 0 Å². The van der Waals surface area contributed by atoms with Gasteiger partial charge in [0.15, 0.2) is 0 Å². The van der Waals surface area contributed by atoms with Crippen LogP contribution in [0.2, 0.25) is 0 Å². The molecule has 0 aliphatic carbocycles. The molecule has 0 aliphatic heterocycles. The fourth-order valence-electron chi connectivity index (χ4n) is 2.65. The summed E-state index contributed by atoms with van der Waals surface area (Å²) in [5.41, 5.74) is 1.77. The molecule has 7 nitrogen and oxygen atoms in total. The van der Waals surface area contributed by atoms with Crippen molar-refractivity contribution in [3.8, 4) is 0 Å². The fraction of sp³-hybridized carbons (Fsp3) is 0.100. The Balaban J connectivity index is 1.74. The Bertz CT molecular complexity index is 1010. The van der Waals surface area contributed by atoms with Gasteiger partial charge in [0.05, 0.1) is 17.0 Å². The summed E-state index contributed by atoms with van der Waals surface area (Å²) < 4.78 is 1.48. The number of aromatic nitrogens is 1. The van der Waals surface area contributed by atoms with Gasteiger partial charge in [0.1, 0.15) is 5.84 Å². The molecule has 0 bridgehead atoms. The molecular weight excluding hydrogens is 344 g/mol. The number of nitrogens with one attached hydrogen (secondary N) is 2. The normalized spacial score (nSPS) is 10.4. The van der Waals surface area contributed by atoms with Crippen LogP contribution in [0.1, 0.15) is 16.7 Å². The zero-order valence-electron chi connectivity index (χ0n) is 14.5. The lowest BCUT2D eigenvalue weighted by Crippen LogP contribution is -2.32. The largest absolute Gasteiger partial charge is 0.366 e. The van der Waals surface area contributed by atoms with Crippen LogP contribution < -0.4 is 10.9 Å². The SMILES string of the molecule is N=C(NCc1ccccc1)c1cccn(Cc2ccc([N+](=O)[O-])cc2)c1=O. The molecule has 2 N–H and O–H groups in total. The van der Waals surface area contributed by atoms with Gasteiger partial charge in [-0.2, -0.15) is 0 Å². The minimum Gasteiger partial charge on any atom is -0.366 e. The van der Waals surface area contributed by atoms with Crippen molar-refractivity contribution in [1.29, 1.82) is 5.41 Å². The summed E-state index contributed by atoms with van der Waals surface area (Å²) in [5.74, 6) is 0.0573. The molecule has 0 atom stereocenters. The molecule has 3 rings (SSSR count). The van der Waals surface area contributed by atoms with E-state index in [1.54, 1.807) is 30.5 Å². The maximum Gasteiger partial charge on any atom is 0.269 e. The second kappa shape index (κ2) is 8.09. The van der Waals surface area contributed by atoms with E-state index in [0.29, 0.717) is 6.54 Å². The highest BCUT2D eigenvalue weighted by Gasteiger charge is 2.10. The molecule has 0 saturated heterocycles. The molecule has 3 aromatic rings. The summed E-state index contributed by atoms with van der Waals surface area (Å²) in [6.45, 7) is 0.729. The van der Waals surface area contributed by atoms with E-state index in [1.165, 1.54) is 16.7 Å². The molecule has 0 aliphatic rings. The maximum absolute atomic E-state index is 12.7. The van der Waals surface area contributed by atoms with Gasteiger partial charge in [-0.05, 0) is 23.3 Å². The number of hydrogen-bond donors (Lipinski definition) is 2. The molecule has 0 saturated carbocycles. The topological polar surface area (TPSA) is 101 Å². The Morgan fingerprint density at radius 3 is 2.37 bits per heavy atom. The second-order valence-electron chi connectivity index (χ2n) is 5.99. The minimum absolute atomic E-state index is 0.00624. The van der Waals surface area contributed by atoms with Gasteiger partial charge in [-0.25, -0.2) is 0 Å². The summed E-state index contributed by atoms with van der Waals surface area (Å²) in [6.07, 6.45) is 1.64. The number of benzene rings is 2. The van der Waals surface area contributed by atoms with Crippen LogP contribution in [0.15, 0.2) is 77.7 Å². The van der Waals surface area contributed by atoms with Crippen molar-refractivity contribution >= 4 is 11.5 Å². The molecule has 0 amide bonds. The van der Waals surface area contributed by atoms with Crippen molar-refractivity contribution in [3.05, 3.63) is 110 Å². The van der Waals surface area contributed by atoms with E-state index in [-0.39, 0.29) is 29.2 Å². The Morgan fingerprint density at radius 2 is 1.70 bits per heavy atom. The summed E-state index contributed by atoms with van der Waals surface area (Å²) in [5, 5.41) is 21.9. The molecule has 27 heavy (non-hydrogen) atoms. The van der Waals surface area contributed by atoms with E-state index < -0.39 is 4.92 Å². The first-order valence-electron chi connectivity index (χ1n) is 8.34. The van der Waals surface area contributed by atoms with Crippen molar-refractivity contribution in [2.45, 2.75) is 13.1 Å². The van der Waals surface area contributed by atoms with Crippen molar-refractivity contribution in [3.63, 3.8) is 0 Å².